The number of allylic oxidation sites excluding steroid dienone is 2. The second-order valence-corrected chi connectivity index (χ2v) is 2.26. The average molecular weight is 139 g/mol. The first kappa shape index (κ1) is 8.88. The van der Waals surface area contributed by atoms with Crippen molar-refractivity contribution in [1.29, 1.82) is 0 Å². The highest BCUT2D eigenvalue weighted by atomic mass is 15.1. The molecular weight excluding hydrogens is 126 g/mol. The molecule has 0 amide bonds. The van der Waals surface area contributed by atoms with Gasteiger partial charge in [0, 0.05) is 5.71 Å². The lowest BCUT2D eigenvalue weighted by Crippen LogP contribution is -1.87. The lowest BCUT2D eigenvalue weighted by atomic mass is 10.2. The highest BCUT2D eigenvalue weighted by molar-refractivity contribution is 5.97. The summed E-state index contributed by atoms with van der Waals surface area (Å²) in [5.74, 6) is 4.85. The van der Waals surface area contributed by atoms with Crippen molar-refractivity contribution in [3.8, 4) is 0 Å². The summed E-state index contributed by atoms with van der Waals surface area (Å²) in [7, 11) is 0. The van der Waals surface area contributed by atoms with Crippen LogP contribution in [0.1, 0.15) is 20.8 Å². The van der Waals surface area contributed by atoms with Gasteiger partial charge in [0.1, 0.15) is 6.34 Å². The van der Waals surface area contributed by atoms with Gasteiger partial charge < -0.3 is 5.84 Å². The van der Waals surface area contributed by atoms with E-state index in [0.717, 1.165) is 5.71 Å². The summed E-state index contributed by atoms with van der Waals surface area (Å²) in [5.41, 5.74) is 2.13. The van der Waals surface area contributed by atoms with E-state index in [1.807, 2.05) is 26.8 Å². The van der Waals surface area contributed by atoms with Crippen LogP contribution in [0, 0.1) is 0 Å². The monoisotopic (exact) mass is 139 g/mol. The molecule has 3 nitrogen and oxygen atoms in total. The molecular formula is C7H13N3. The zero-order chi connectivity index (χ0) is 7.98. The van der Waals surface area contributed by atoms with Crippen LogP contribution in [-0.2, 0) is 0 Å². The Balaban J connectivity index is 4.08. The smallest absolute Gasteiger partial charge is 0.135 e. The molecule has 0 saturated carbocycles. The van der Waals surface area contributed by atoms with Gasteiger partial charge in [0.25, 0.3) is 0 Å². The molecule has 0 saturated heterocycles. The van der Waals surface area contributed by atoms with Crippen LogP contribution in [0.4, 0.5) is 0 Å². The van der Waals surface area contributed by atoms with Crippen molar-refractivity contribution in [3.05, 3.63) is 11.6 Å². The highest BCUT2D eigenvalue weighted by Gasteiger charge is 1.81. The predicted molar refractivity (Wildman–Crippen MR) is 45.2 cm³/mol. The molecule has 0 aromatic carbocycles. The Hall–Kier alpha value is -1.12. The molecule has 56 valence electrons. The number of hydrogen-bond donors (Lipinski definition) is 1. The Morgan fingerprint density at radius 1 is 1.30 bits per heavy atom. The van der Waals surface area contributed by atoms with Crippen molar-refractivity contribution in [2.24, 2.45) is 15.9 Å². The first-order valence-electron chi connectivity index (χ1n) is 3.08. The van der Waals surface area contributed by atoms with Crippen molar-refractivity contribution in [2.45, 2.75) is 20.8 Å². The van der Waals surface area contributed by atoms with Gasteiger partial charge in [-0.05, 0) is 26.8 Å². The van der Waals surface area contributed by atoms with Gasteiger partial charge in [0.15, 0.2) is 0 Å². The van der Waals surface area contributed by atoms with E-state index in [0.29, 0.717) is 0 Å². The second-order valence-electron chi connectivity index (χ2n) is 2.26. The maximum Gasteiger partial charge on any atom is 0.135 e. The minimum Gasteiger partial charge on any atom is -0.322 e. The maximum atomic E-state index is 4.85. The molecule has 0 spiro atoms. The third kappa shape index (κ3) is 5.03. The number of aliphatic imine (C=N–C) groups is 1. The number of rotatable bonds is 2. The summed E-state index contributed by atoms with van der Waals surface area (Å²) < 4.78 is 0. The van der Waals surface area contributed by atoms with Crippen LogP contribution >= 0.6 is 0 Å². The third-order valence-electron chi connectivity index (χ3n) is 0.826. The largest absolute Gasteiger partial charge is 0.322 e. The van der Waals surface area contributed by atoms with Crippen molar-refractivity contribution in [2.75, 3.05) is 0 Å². The number of hydrazone groups is 1. The highest BCUT2D eigenvalue weighted by Crippen LogP contribution is 1.89. The lowest BCUT2D eigenvalue weighted by Gasteiger charge is -1.88. The van der Waals surface area contributed by atoms with Crippen LogP contribution in [0.25, 0.3) is 0 Å². The van der Waals surface area contributed by atoms with Crippen molar-refractivity contribution < 1.29 is 0 Å². The molecule has 10 heavy (non-hydrogen) atoms. The molecule has 0 bridgehead atoms. The van der Waals surface area contributed by atoms with Crippen molar-refractivity contribution in [1.82, 2.24) is 0 Å². The van der Waals surface area contributed by atoms with Gasteiger partial charge in [-0.15, -0.1) is 0 Å². The zero-order valence-corrected chi connectivity index (χ0v) is 6.63. The van der Waals surface area contributed by atoms with Crippen LogP contribution < -0.4 is 5.84 Å². The van der Waals surface area contributed by atoms with Crippen LogP contribution in [0.2, 0.25) is 0 Å². The van der Waals surface area contributed by atoms with E-state index in [1.165, 1.54) is 11.9 Å². The van der Waals surface area contributed by atoms with Crippen LogP contribution in [0.15, 0.2) is 21.7 Å². The number of hydrogen-bond acceptors (Lipinski definition) is 2. The summed E-state index contributed by atoms with van der Waals surface area (Å²) in [5, 5.41) is 3.24. The molecule has 0 aromatic heterocycles. The summed E-state index contributed by atoms with van der Waals surface area (Å²) in [4.78, 5) is 3.91. The Morgan fingerprint density at radius 3 is 2.30 bits per heavy atom. The molecule has 0 aliphatic heterocycles. The van der Waals surface area contributed by atoms with Crippen LogP contribution in [0.3, 0.4) is 0 Å². The van der Waals surface area contributed by atoms with Crippen molar-refractivity contribution >= 4 is 12.1 Å². The van der Waals surface area contributed by atoms with E-state index in [2.05, 4.69) is 10.1 Å². The van der Waals surface area contributed by atoms with E-state index in [1.54, 1.807) is 0 Å². The van der Waals surface area contributed by atoms with E-state index >= 15 is 0 Å². The fourth-order valence-electron chi connectivity index (χ4n) is 0.579. The van der Waals surface area contributed by atoms with Gasteiger partial charge >= 0.3 is 0 Å². The van der Waals surface area contributed by atoms with Gasteiger partial charge in [-0.2, -0.15) is 5.10 Å². The molecule has 0 aliphatic carbocycles. The topological polar surface area (TPSA) is 50.7 Å². The first-order valence-corrected chi connectivity index (χ1v) is 3.08. The van der Waals surface area contributed by atoms with E-state index in [-0.39, 0.29) is 0 Å². The Bertz CT molecular complexity index is 173. The normalized spacial score (nSPS) is 12.1. The van der Waals surface area contributed by atoms with Crippen molar-refractivity contribution in [3.63, 3.8) is 0 Å². The molecule has 0 radical (unpaired) electrons. The van der Waals surface area contributed by atoms with Gasteiger partial charge in [-0.25, -0.2) is 4.99 Å². The van der Waals surface area contributed by atoms with E-state index < -0.39 is 0 Å². The Labute approximate surface area is 61.3 Å². The quantitative estimate of drug-likeness (QED) is 0.267. The second kappa shape index (κ2) is 4.73. The van der Waals surface area contributed by atoms with Gasteiger partial charge in [0.05, 0.1) is 0 Å². The standard InChI is InChI=1S/C7H13N3/c1-6(2)4-7(3)9-5-10-8/h4-5H,8H2,1-3H3/b9-7?,10-5-. The lowest BCUT2D eigenvalue weighted by molar-refractivity contribution is 1.25. The van der Waals surface area contributed by atoms with E-state index in [9.17, 15) is 0 Å². The minimum atomic E-state index is 0.911. The zero-order valence-electron chi connectivity index (χ0n) is 6.63. The number of nitrogens with two attached hydrogens (primary N) is 1. The van der Waals surface area contributed by atoms with Gasteiger partial charge in [0.2, 0.25) is 0 Å². The number of nitrogens with zero attached hydrogens (tertiary/aromatic N) is 2. The molecule has 0 heterocycles. The molecule has 0 fully saturated rings. The Kier molecular flexibility index (Phi) is 4.20. The molecule has 0 aromatic rings. The maximum absolute atomic E-state index is 4.85. The summed E-state index contributed by atoms with van der Waals surface area (Å²) in [6.07, 6.45) is 3.29. The molecule has 0 rings (SSSR count). The fourth-order valence-corrected chi connectivity index (χ4v) is 0.579. The molecule has 2 N–H and O–H groups in total. The summed E-state index contributed by atoms with van der Waals surface area (Å²) in [6.45, 7) is 5.92. The van der Waals surface area contributed by atoms with E-state index in [4.69, 9.17) is 5.84 Å². The van der Waals surface area contributed by atoms with Gasteiger partial charge in [-0.1, -0.05) is 5.57 Å². The summed E-state index contributed by atoms with van der Waals surface area (Å²) >= 11 is 0. The molecule has 0 aliphatic rings. The minimum absolute atomic E-state index is 0.911. The molecule has 0 unspecified atom stereocenters. The Morgan fingerprint density at radius 2 is 1.90 bits per heavy atom. The fraction of sp³-hybridized carbons (Fsp3) is 0.429. The third-order valence-corrected chi connectivity index (χ3v) is 0.826. The SMILES string of the molecule is CC(C)=CC(C)=N/C=N\N. The van der Waals surface area contributed by atoms with Crippen LogP contribution in [0.5, 0.6) is 0 Å². The average Bonchev–Trinajstić information content (AvgIpc) is 1.82. The van der Waals surface area contributed by atoms with Gasteiger partial charge in [-0.3, -0.25) is 0 Å². The predicted octanol–water partition coefficient (Wildman–Crippen LogP) is 1.32. The molecule has 0 atom stereocenters. The summed E-state index contributed by atoms with van der Waals surface area (Å²) in [6, 6.07) is 0. The van der Waals surface area contributed by atoms with Crippen LogP contribution in [-0.4, -0.2) is 12.1 Å². The molecule has 3 heteroatoms. The first-order chi connectivity index (χ1) is 4.66.